The predicted molar refractivity (Wildman–Crippen MR) is 62.4 cm³/mol. The van der Waals surface area contributed by atoms with Crippen LogP contribution in [0.3, 0.4) is 0 Å². The summed E-state index contributed by atoms with van der Waals surface area (Å²) in [6.45, 7) is 10.2. The Bertz CT molecular complexity index is 329. The van der Waals surface area contributed by atoms with E-state index in [9.17, 15) is 0 Å². The summed E-state index contributed by atoms with van der Waals surface area (Å²) in [5, 5.41) is 0. The van der Waals surface area contributed by atoms with E-state index in [0.717, 1.165) is 51.5 Å². The first-order valence-corrected chi connectivity index (χ1v) is 5.99. The van der Waals surface area contributed by atoms with Crippen molar-refractivity contribution in [1.82, 2.24) is 14.5 Å². The van der Waals surface area contributed by atoms with Gasteiger partial charge in [0.05, 0.1) is 18.9 Å². The molecule has 1 saturated heterocycles. The van der Waals surface area contributed by atoms with Gasteiger partial charge in [0.15, 0.2) is 6.33 Å². The van der Waals surface area contributed by atoms with Gasteiger partial charge in [-0.15, -0.1) is 0 Å². The Morgan fingerprint density at radius 3 is 2.62 bits per heavy atom. The summed E-state index contributed by atoms with van der Waals surface area (Å²) >= 11 is 0. The van der Waals surface area contributed by atoms with Crippen molar-refractivity contribution in [3.05, 3.63) is 17.7 Å². The fourth-order valence-electron chi connectivity index (χ4n) is 1.98. The molecule has 1 aliphatic heterocycles. The van der Waals surface area contributed by atoms with E-state index in [4.69, 9.17) is 4.74 Å². The van der Waals surface area contributed by atoms with Crippen molar-refractivity contribution in [2.75, 3.05) is 32.8 Å². The Balaban J connectivity index is 1.73. The highest BCUT2D eigenvalue weighted by Gasteiger charge is 2.09. The van der Waals surface area contributed by atoms with E-state index in [2.05, 4.69) is 27.7 Å². The van der Waals surface area contributed by atoms with Gasteiger partial charge in [0.25, 0.3) is 0 Å². The SMILES string of the molecule is Cc1n[c]n(CCCN2CCOCC2)c1C. The summed E-state index contributed by atoms with van der Waals surface area (Å²) in [5.74, 6) is 0. The molecule has 4 heteroatoms. The van der Waals surface area contributed by atoms with Crippen molar-refractivity contribution in [2.24, 2.45) is 0 Å². The highest BCUT2D eigenvalue weighted by molar-refractivity contribution is 5.07. The van der Waals surface area contributed by atoms with Crippen LogP contribution >= 0.6 is 0 Å². The number of rotatable bonds is 4. The zero-order chi connectivity index (χ0) is 11.4. The van der Waals surface area contributed by atoms with Crippen LogP contribution < -0.4 is 0 Å². The molecule has 0 aromatic carbocycles. The van der Waals surface area contributed by atoms with Crippen LogP contribution in [-0.2, 0) is 11.3 Å². The minimum absolute atomic E-state index is 0.884. The van der Waals surface area contributed by atoms with Gasteiger partial charge < -0.3 is 9.30 Å². The third kappa shape index (κ3) is 2.83. The first-order valence-electron chi connectivity index (χ1n) is 5.99. The molecule has 1 aliphatic rings. The van der Waals surface area contributed by atoms with Crippen molar-refractivity contribution < 1.29 is 4.74 Å². The van der Waals surface area contributed by atoms with Crippen LogP contribution in [0, 0.1) is 20.2 Å². The molecule has 0 amide bonds. The van der Waals surface area contributed by atoms with E-state index < -0.39 is 0 Å². The van der Waals surface area contributed by atoms with Gasteiger partial charge in [-0.05, 0) is 20.3 Å². The predicted octanol–water partition coefficient (Wildman–Crippen LogP) is 1.02. The lowest BCUT2D eigenvalue weighted by molar-refractivity contribution is 0.0369. The molecule has 1 fully saturated rings. The van der Waals surface area contributed by atoms with E-state index in [1.165, 1.54) is 5.69 Å². The summed E-state index contributed by atoms with van der Waals surface area (Å²) in [6, 6.07) is 0. The molecule has 2 rings (SSSR count). The average Bonchev–Trinajstić information content (AvgIpc) is 2.62. The third-order valence-corrected chi connectivity index (χ3v) is 3.23. The summed E-state index contributed by atoms with van der Waals surface area (Å²) < 4.78 is 7.44. The van der Waals surface area contributed by atoms with Gasteiger partial charge in [-0.3, -0.25) is 4.90 Å². The smallest absolute Gasteiger partial charge is 0.176 e. The Morgan fingerprint density at radius 2 is 2.00 bits per heavy atom. The second-order valence-electron chi connectivity index (χ2n) is 4.34. The Kier molecular flexibility index (Phi) is 3.96. The molecule has 1 radical (unpaired) electrons. The van der Waals surface area contributed by atoms with Crippen molar-refractivity contribution in [2.45, 2.75) is 26.8 Å². The minimum atomic E-state index is 0.884. The number of nitrogens with zero attached hydrogens (tertiary/aromatic N) is 3. The van der Waals surface area contributed by atoms with Gasteiger partial charge in [0, 0.05) is 31.9 Å². The number of aromatic nitrogens is 2. The van der Waals surface area contributed by atoms with Crippen LogP contribution in [0.4, 0.5) is 0 Å². The highest BCUT2D eigenvalue weighted by atomic mass is 16.5. The number of ether oxygens (including phenoxy) is 1. The molecule has 0 bridgehead atoms. The van der Waals surface area contributed by atoms with Crippen LogP contribution in [0.2, 0.25) is 0 Å². The number of morpholine rings is 1. The maximum atomic E-state index is 5.32. The lowest BCUT2D eigenvalue weighted by Crippen LogP contribution is -2.37. The van der Waals surface area contributed by atoms with Crippen LogP contribution in [0.15, 0.2) is 0 Å². The van der Waals surface area contributed by atoms with E-state index in [-0.39, 0.29) is 0 Å². The zero-order valence-electron chi connectivity index (χ0n) is 10.2. The number of hydrogen-bond donors (Lipinski definition) is 0. The minimum Gasteiger partial charge on any atom is -0.379 e. The lowest BCUT2D eigenvalue weighted by atomic mass is 10.3. The molecule has 0 atom stereocenters. The molecule has 0 aliphatic carbocycles. The standard InChI is InChI=1S/C12H20N3O/c1-11-12(2)15(10-13-11)5-3-4-14-6-8-16-9-7-14/h3-9H2,1-2H3. The summed E-state index contributed by atoms with van der Waals surface area (Å²) in [6.07, 6.45) is 4.19. The molecular weight excluding hydrogens is 202 g/mol. The third-order valence-electron chi connectivity index (χ3n) is 3.23. The molecule has 2 heterocycles. The molecule has 16 heavy (non-hydrogen) atoms. The molecule has 89 valence electrons. The largest absolute Gasteiger partial charge is 0.379 e. The monoisotopic (exact) mass is 222 g/mol. The van der Waals surface area contributed by atoms with E-state index in [1.54, 1.807) is 0 Å². The Morgan fingerprint density at radius 1 is 1.25 bits per heavy atom. The fraction of sp³-hybridized carbons (Fsp3) is 0.750. The van der Waals surface area contributed by atoms with Crippen molar-refractivity contribution >= 4 is 0 Å². The maximum Gasteiger partial charge on any atom is 0.176 e. The van der Waals surface area contributed by atoms with Crippen LogP contribution in [0.1, 0.15) is 17.8 Å². The summed E-state index contributed by atoms with van der Waals surface area (Å²) in [7, 11) is 0. The normalized spacial score (nSPS) is 17.9. The topological polar surface area (TPSA) is 30.3 Å². The van der Waals surface area contributed by atoms with Crippen molar-refractivity contribution in [1.29, 1.82) is 0 Å². The number of hydrogen-bond acceptors (Lipinski definition) is 3. The first kappa shape index (κ1) is 11.6. The maximum absolute atomic E-state index is 5.32. The molecule has 1 aromatic heterocycles. The second kappa shape index (κ2) is 5.46. The van der Waals surface area contributed by atoms with Crippen LogP contribution in [0.25, 0.3) is 0 Å². The molecule has 0 saturated carbocycles. The average molecular weight is 222 g/mol. The lowest BCUT2D eigenvalue weighted by Gasteiger charge is -2.26. The quantitative estimate of drug-likeness (QED) is 0.762. The van der Waals surface area contributed by atoms with E-state index >= 15 is 0 Å². The molecule has 4 nitrogen and oxygen atoms in total. The van der Waals surface area contributed by atoms with Gasteiger partial charge >= 0.3 is 0 Å². The number of imidazole rings is 1. The van der Waals surface area contributed by atoms with Crippen molar-refractivity contribution in [3.63, 3.8) is 0 Å². The van der Waals surface area contributed by atoms with Gasteiger partial charge in [-0.1, -0.05) is 0 Å². The Hall–Kier alpha value is -0.870. The first-order chi connectivity index (χ1) is 7.77. The van der Waals surface area contributed by atoms with Crippen LogP contribution in [-0.4, -0.2) is 47.3 Å². The highest BCUT2D eigenvalue weighted by Crippen LogP contribution is 2.05. The van der Waals surface area contributed by atoms with Gasteiger partial charge in [0.1, 0.15) is 0 Å². The van der Waals surface area contributed by atoms with Crippen molar-refractivity contribution in [3.8, 4) is 0 Å². The molecular formula is C12H20N3O. The van der Waals surface area contributed by atoms with Gasteiger partial charge in [-0.2, -0.15) is 0 Å². The molecule has 0 unspecified atom stereocenters. The summed E-state index contributed by atoms with van der Waals surface area (Å²) in [4.78, 5) is 6.65. The summed E-state index contributed by atoms with van der Waals surface area (Å²) in [5.41, 5.74) is 2.33. The van der Waals surface area contributed by atoms with Gasteiger partial charge in [0.2, 0.25) is 0 Å². The number of aryl methyl sites for hydroxylation is 2. The molecule has 1 aromatic rings. The zero-order valence-corrected chi connectivity index (χ0v) is 10.2. The fourth-order valence-corrected chi connectivity index (χ4v) is 1.98. The van der Waals surface area contributed by atoms with Gasteiger partial charge in [-0.25, -0.2) is 4.98 Å². The molecule has 0 N–H and O–H groups in total. The molecule has 0 spiro atoms. The van der Waals surface area contributed by atoms with Crippen LogP contribution in [0.5, 0.6) is 0 Å². The second-order valence-corrected chi connectivity index (χ2v) is 4.34. The Labute approximate surface area is 97.2 Å². The van der Waals surface area contributed by atoms with E-state index in [1.807, 2.05) is 6.92 Å². The van der Waals surface area contributed by atoms with E-state index in [0.29, 0.717) is 0 Å².